The van der Waals surface area contributed by atoms with Crippen LogP contribution in [0.4, 0.5) is 10.5 Å². The van der Waals surface area contributed by atoms with Crippen LogP contribution in [0.25, 0.3) is 0 Å². The van der Waals surface area contributed by atoms with Crippen LogP contribution in [-0.4, -0.2) is 22.9 Å². The standard InChI is InChI=1S/C24H25N3O/c1-26(15-19-7-3-2-4-8-19)16-20-11-13-23(14-12-20)25-24(28)27-17-21-9-5-6-10-22(21)18-27/h2-14H,15-18H2,1H3,(H,25,28). The molecule has 4 rings (SSSR count). The van der Waals surface area contributed by atoms with Crippen LogP contribution in [0.2, 0.25) is 0 Å². The van der Waals surface area contributed by atoms with Gasteiger partial charge in [0.1, 0.15) is 0 Å². The van der Waals surface area contributed by atoms with Gasteiger partial charge in [0.2, 0.25) is 0 Å². The molecule has 1 aliphatic heterocycles. The van der Waals surface area contributed by atoms with Crippen molar-refractivity contribution in [2.24, 2.45) is 0 Å². The van der Waals surface area contributed by atoms with Gasteiger partial charge < -0.3 is 10.2 Å². The van der Waals surface area contributed by atoms with Crippen molar-refractivity contribution in [3.8, 4) is 0 Å². The van der Waals surface area contributed by atoms with E-state index in [9.17, 15) is 4.79 Å². The molecule has 28 heavy (non-hydrogen) atoms. The van der Waals surface area contributed by atoms with Crippen molar-refractivity contribution in [3.05, 3.63) is 101 Å². The zero-order valence-electron chi connectivity index (χ0n) is 16.1. The first-order valence-corrected chi connectivity index (χ1v) is 9.61. The van der Waals surface area contributed by atoms with Crippen LogP contribution in [-0.2, 0) is 26.2 Å². The van der Waals surface area contributed by atoms with Crippen molar-refractivity contribution >= 4 is 11.7 Å². The second kappa shape index (κ2) is 8.28. The SMILES string of the molecule is CN(Cc1ccccc1)Cc1ccc(NC(=O)N2Cc3ccccc3C2)cc1. The van der Waals surface area contributed by atoms with Gasteiger partial charge in [-0.3, -0.25) is 4.90 Å². The van der Waals surface area contributed by atoms with Crippen LogP contribution >= 0.6 is 0 Å². The first kappa shape index (κ1) is 18.3. The summed E-state index contributed by atoms with van der Waals surface area (Å²) in [7, 11) is 2.12. The maximum atomic E-state index is 12.6. The molecular weight excluding hydrogens is 346 g/mol. The lowest BCUT2D eigenvalue weighted by atomic mass is 10.1. The van der Waals surface area contributed by atoms with E-state index in [1.165, 1.54) is 22.3 Å². The molecular formula is C24H25N3O. The van der Waals surface area contributed by atoms with Crippen molar-refractivity contribution in [2.45, 2.75) is 26.2 Å². The average Bonchev–Trinajstić information content (AvgIpc) is 3.15. The molecule has 4 nitrogen and oxygen atoms in total. The Bertz CT molecular complexity index is 913. The van der Waals surface area contributed by atoms with Crippen LogP contribution in [0, 0.1) is 0 Å². The fourth-order valence-corrected chi connectivity index (χ4v) is 3.64. The second-order valence-corrected chi connectivity index (χ2v) is 7.41. The highest BCUT2D eigenvalue weighted by molar-refractivity contribution is 5.89. The van der Waals surface area contributed by atoms with Gasteiger partial charge in [-0.25, -0.2) is 4.79 Å². The fourth-order valence-electron chi connectivity index (χ4n) is 3.64. The number of hydrogen-bond donors (Lipinski definition) is 1. The Morgan fingerprint density at radius 2 is 1.36 bits per heavy atom. The maximum Gasteiger partial charge on any atom is 0.322 e. The van der Waals surface area contributed by atoms with Gasteiger partial charge in [0.15, 0.2) is 0 Å². The van der Waals surface area contributed by atoms with Crippen LogP contribution < -0.4 is 5.32 Å². The molecule has 0 radical (unpaired) electrons. The Balaban J connectivity index is 1.30. The number of anilines is 1. The minimum atomic E-state index is -0.0508. The van der Waals surface area contributed by atoms with E-state index in [0.29, 0.717) is 13.1 Å². The van der Waals surface area contributed by atoms with Crippen molar-refractivity contribution in [1.29, 1.82) is 0 Å². The number of carbonyl (C=O) groups excluding carboxylic acids is 1. The smallest absolute Gasteiger partial charge is 0.316 e. The van der Waals surface area contributed by atoms with E-state index in [1.807, 2.05) is 35.2 Å². The van der Waals surface area contributed by atoms with Gasteiger partial charge in [-0.1, -0.05) is 66.7 Å². The van der Waals surface area contributed by atoms with Crippen LogP contribution in [0.3, 0.4) is 0 Å². The summed E-state index contributed by atoms with van der Waals surface area (Å²) in [5, 5.41) is 3.01. The Kier molecular flexibility index (Phi) is 5.40. The molecule has 3 aromatic carbocycles. The molecule has 0 atom stereocenters. The number of carbonyl (C=O) groups is 1. The normalized spacial score (nSPS) is 12.9. The zero-order valence-corrected chi connectivity index (χ0v) is 16.1. The average molecular weight is 371 g/mol. The summed E-state index contributed by atoms with van der Waals surface area (Å²) < 4.78 is 0. The molecule has 1 heterocycles. The quantitative estimate of drug-likeness (QED) is 0.695. The molecule has 1 aliphatic rings. The number of fused-ring (bicyclic) bond motifs is 1. The number of nitrogens with zero attached hydrogens (tertiary/aromatic N) is 2. The molecule has 0 spiro atoms. The summed E-state index contributed by atoms with van der Waals surface area (Å²) in [5.74, 6) is 0. The molecule has 0 aliphatic carbocycles. The fraction of sp³-hybridized carbons (Fsp3) is 0.208. The van der Waals surface area contributed by atoms with Gasteiger partial charge in [0, 0.05) is 31.9 Å². The maximum absolute atomic E-state index is 12.6. The van der Waals surface area contributed by atoms with Crippen LogP contribution in [0.15, 0.2) is 78.9 Å². The van der Waals surface area contributed by atoms with Gasteiger partial charge in [-0.15, -0.1) is 0 Å². The monoisotopic (exact) mass is 371 g/mol. The summed E-state index contributed by atoms with van der Waals surface area (Å²) in [4.78, 5) is 16.7. The molecule has 0 fully saturated rings. The molecule has 0 bridgehead atoms. The van der Waals surface area contributed by atoms with E-state index in [-0.39, 0.29) is 6.03 Å². The summed E-state index contributed by atoms with van der Waals surface area (Å²) in [6.45, 7) is 3.12. The number of nitrogens with one attached hydrogen (secondary N) is 1. The number of hydrogen-bond acceptors (Lipinski definition) is 2. The van der Waals surface area contributed by atoms with Gasteiger partial charge in [0.25, 0.3) is 0 Å². The number of amides is 2. The highest BCUT2D eigenvalue weighted by Gasteiger charge is 2.22. The lowest BCUT2D eigenvalue weighted by Gasteiger charge is -2.18. The van der Waals surface area contributed by atoms with Crippen LogP contribution in [0.5, 0.6) is 0 Å². The summed E-state index contributed by atoms with van der Waals surface area (Å²) in [6.07, 6.45) is 0. The predicted octanol–water partition coefficient (Wildman–Crippen LogP) is 4.87. The molecule has 0 saturated carbocycles. The van der Waals surface area contributed by atoms with E-state index in [1.54, 1.807) is 0 Å². The van der Waals surface area contributed by atoms with E-state index in [0.717, 1.165) is 18.8 Å². The molecule has 4 heteroatoms. The predicted molar refractivity (Wildman–Crippen MR) is 113 cm³/mol. The molecule has 0 unspecified atom stereocenters. The Morgan fingerprint density at radius 1 is 0.821 bits per heavy atom. The second-order valence-electron chi connectivity index (χ2n) is 7.41. The molecule has 142 valence electrons. The van der Waals surface area contributed by atoms with E-state index >= 15 is 0 Å². The van der Waals surface area contributed by atoms with Crippen molar-refractivity contribution in [1.82, 2.24) is 9.80 Å². The summed E-state index contributed by atoms with van der Waals surface area (Å²) >= 11 is 0. The Morgan fingerprint density at radius 3 is 1.96 bits per heavy atom. The molecule has 0 saturated heterocycles. The third kappa shape index (κ3) is 4.41. The highest BCUT2D eigenvalue weighted by atomic mass is 16.2. The summed E-state index contributed by atoms with van der Waals surface area (Å²) in [5.41, 5.74) is 5.82. The third-order valence-corrected chi connectivity index (χ3v) is 5.08. The van der Waals surface area contributed by atoms with E-state index < -0.39 is 0 Å². The lowest BCUT2D eigenvalue weighted by Crippen LogP contribution is -2.30. The molecule has 1 N–H and O–H groups in total. The van der Waals surface area contributed by atoms with Gasteiger partial charge in [-0.2, -0.15) is 0 Å². The summed E-state index contributed by atoms with van der Waals surface area (Å²) in [6, 6.07) is 26.7. The topological polar surface area (TPSA) is 35.6 Å². The largest absolute Gasteiger partial charge is 0.322 e. The van der Waals surface area contributed by atoms with E-state index in [4.69, 9.17) is 0 Å². The van der Waals surface area contributed by atoms with Crippen molar-refractivity contribution < 1.29 is 4.79 Å². The third-order valence-electron chi connectivity index (χ3n) is 5.08. The highest BCUT2D eigenvalue weighted by Crippen LogP contribution is 2.23. The first-order chi connectivity index (χ1) is 13.7. The molecule has 0 aromatic heterocycles. The zero-order chi connectivity index (χ0) is 19.3. The minimum Gasteiger partial charge on any atom is -0.316 e. The van der Waals surface area contributed by atoms with Gasteiger partial charge in [0.05, 0.1) is 0 Å². The lowest BCUT2D eigenvalue weighted by molar-refractivity contribution is 0.212. The Hall–Kier alpha value is -3.11. The first-order valence-electron chi connectivity index (χ1n) is 9.61. The van der Waals surface area contributed by atoms with Gasteiger partial charge >= 0.3 is 6.03 Å². The van der Waals surface area contributed by atoms with Crippen LogP contribution in [0.1, 0.15) is 22.3 Å². The number of benzene rings is 3. The van der Waals surface area contributed by atoms with E-state index in [2.05, 4.69) is 65.8 Å². The van der Waals surface area contributed by atoms with Crippen molar-refractivity contribution in [2.75, 3.05) is 12.4 Å². The molecule has 3 aromatic rings. The molecule has 2 amide bonds. The Labute approximate surface area is 166 Å². The van der Waals surface area contributed by atoms with Gasteiger partial charge in [-0.05, 0) is 41.4 Å². The number of urea groups is 1. The number of rotatable bonds is 5. The van der Waals surface area contributed by atoms with Crippen molar-refractivity contribution in [3.63, 3.8) is 0 Å². The minimum absolute atomic E-state index is 0.0508.